The highest BCUT2D eigenvalue weighted by molar-refractivity contribution is 7.98. The number of likely N-dealkylation sites (tertiary alicyclic amines) is 1. The molecule has 0 unspecified atom stereocenters. The molecule has 0 bridgehead atoms. The maximum atomic E-state index is 13.6. The molecule has 0 saturated carbocycles. The second kappa shape index (κ2) is 12.3. The van der Waals surface area contributed by atoms with Crippen LogP contribution in [0.4, 0.5) is 4.79 Å². The second-order valence-electron chi connectivity index (χ2n) is 9.79. The smallest absolute Gasteiger partial charge is 0.410 e. The number of aliphatic carboxylic acids is 1. The van der Waals surface area contributed by atoms with E-state index >= 15 is 0 Å². The predicted molar refractivity (Wildman–Crippen MR) is 135 cm³/mol. The molecule has 1 saturated heterocycles. The fourth-order valence-electron chi connectivity index (χ4n) is 3.99. The number of ether oxygens (including phenoxy) is 1. The lowest BCUT2D eigenvalue weighted by molar-refractivity contribution is -0.142. The fraction of sp³-hybridized carbons (Fsp3) is 0.600. The monoisotopic (exact) mass is 507 g/mol. The van der Waals surface area contributed by atoms with E-state index in [-0.39, 0.29) is 12.3 Å². The molecule has 2 rings (SSSR count). The summed E-state index contributed by atoms with van der Waals surface area (Å²) in [5.41, 5.74) is -0.744. The number of benzene rings is 1. The van der Waals surface area contributed by atoms with Crippen LogP contribution in [0, 0.1) is 0 Å². The van der Waals surface area contributed by atoms with E-state index in [0.717, 1.165) is 5.56 Å². The van der Waals surface area contributed by atoms with Gasteiger partial charge in [-0.1, -0.05) is 30.3 Å². The van der Waals surface area contributed by atoms with E-state index in [2.05, 4.69) is 10.6 Å². The van der Waals surface area contributed by atoms with Gasteiger partial charge in [-0.15, -0.1) is 0 Å². The van der Waals surface area contributed by atoms with Gasteiger partial charge >= 0.3 is 12.1 Å². The van der Waals surface area contributed by atoms with E-state index in [4.69, 9.17) is 4.74 Å². The van der Waals surface area contributed by atoms with Crippen molar-refractivity contribution >= 4 is 35.6 Å². The highest BCUT2D eigenvalue weighted by Crippen LogP contribution is 2.36. The highest BCUT2D eigenvalue weighted by Gasteiger charge is 2.45. The average molecular weight is 508 g/mol. The van der Waals surface area contributed by atoms with Crippen molar-refractivity contribution in [3.05, 3.63) is 35.9 Å². The molecule has 1 aromatic rings. The molecule has 0 radical (unpaired) electrons. The first kappa shape index (κ1) is 28.5. The summed E-state index contributed by atoms with van der Waals surface area (Å²) >= 11 is 1.49. The minimum atomic E-state index is -1.11. The minimum absolute atomic E-state index is 0.289. The lowest BCUT2D eigenvalue weighted by Crippen LogP contribution is -2.57. The molecule has 3 amide bonds. The Labute approximate surface area is 211 Å². The van der Waals surface area contributed by atoms with Crippen LogP contribution in [0.15, 0.2) is 30.3 Å². The van der Waals surface area contributed by atoms with E-state index in [9.17, 15) is 24.3 Å². The minimum Gasteiger partial charge on any atom is -0.480 e. The van der Waals surface area contributed by atoms with E-state index in [0.29, 0.717) is 31.7 Å². The molecule has 0 aromatic heterocycles. The number of amides is 3. The molecule has 0 aliphatic carbocycles. The average Bonchev–Trinajstić information content (AvgIpc) is 2.80. The molecule has 1 aliphatic heterocycles. The number of carbonyl (C=O) groups excluding carboxylic acids is 3. The molecule has 1 heterocycles. The van der Waals surface area contributed by atoms with Crippen LogP contribution in [0.25, 0.3) is 0 Å². The molecular weight excluding hydrogens is 470 g/mol. The first-order valence-corrected chi connectivity index (χ1v) is 13.2. The fourth-order valence-corrected chi connectivity index (χ4v) is 4.46. The van der Waals surface area contributed by atoms with Gasteiger partial charge < -0.3 is 25.4 Å². The Kier molecular flexibility index (Phi) is 10.00. The number of nitrogens with zero attached hydrogens (tertiary/aromatic N) is 1. The second-order valence-corrected chi connectivity index (χ2v) is 10.8. The van der Waals surface area contributed by atoms with Crippen molar-refractivity contribution in [1.82, 2.24) is 15.5 Å². The van der Waals surface area contributed by atoms with Crippen molar-refractivity contribution in [3.8, 4) is 0 Å². The van der Waals surface area contributed by atoms with Gasteiger partial charge in [-0.2, -0.15) is 11.8 Å². The summed E-state index contributed by atoms with van der Waals surface area (Å²) in [6, 6.07) is 7.36. The first-order chi connectivity index (χ1) is 16.4. The van der Waals surface area contributed by atoms with Crippen molar-refractivity contribution in [3.63, 3.8) is 0 Å². The van der Waals surface area contributed by atoms with Gasteiger partial charge in [-0.25, -0.2) is 9.59 Å². The van der Waals surface area contributed by atoms with Gasteiger partial charge in [0.1, 0.15) is 17.7 Å². The quantitative estimate of drug-likeness (QED) is 0.469. The molecule has 2 atom stereocenters. The Hall–Kier alpha value is -2.75. The van der Waals surface area contributed by atoms with Gasteiger partial charge in [-0.05, 0) is 64.5 Å². The lowest BCUT2D eigenvalue weighted by atomic mass is 9.72. The Morgan fingerprint density at radius 1 is 1.11 bits per heavy atom. The van der Waals surface area contributed by atoms with E-state index in [1.807, 2.05) is 36.6 Å². The molecule has 35 heavy (non-hydrogen) atoms. The van der Waals surface area contributed by atoms with Gasteiger partial charge in [0.25, 0.3) is 0 Å². The number of hydrogen-bond acceptors (Lipinski definition) is 6. The Morgan fingerprint density at radius 2 is 1.71 bits per heavy atom. The SMILES string of the molecule is CSCC[C@H](NC(=O)[C@@H](C)NC(=O)C1(c2ccccc2)CCN(C(=O)OC(C)(C)C)CC1)C(=O)O. The normalized spacial score (nSPS) is 17.1. The third-order valence-electron chi connectivity index (χ3n) is 6.00. The third-order valence-corrected chi connectivity index (χ3v) is 6.64. The van der Waals surface area contributed by atoms with Crippen LogP contribution in [-0.2, 0) is 24.5 Å². The van der Waals surface area contributed by atoms with Gasteiger partial charge in [-0.3, -0.25) is 9.59 Å². The standard InChI is InChI=1S/C25H37N3O6S/c1-17(20(29)27-19(21(30)31)11-16-35-5)26-22(32)25(18-9-7-6-8-10-18)12-14-28(15-13-25)23(33)34-24(2,3)4/h6-10,17,19H,11-16H2,1-5H3,(H,26,32)(H,27,29)(H,30,31)/t17-,19+/m1/s1. The number of piperidine rings is 1. The summed E-state index contributed by atoms with van der Waals surface area (Å²) in [5.74, 6) is -1.41. The number of thioether (sulfide) groups is 1. The molecule has 0 spiro atoms. The lowest BCUT2D eigenvalue weighted by Gasteiger charge is -2.41. The van der Waals surface area contributed by atoms with Crippen LogP contribution in [0.1, 0.15) is 52.5 Å². The van der Waals surface area contributed by atoms with Gasteiger partial charge in [0, 0.05) is 13.1 Å². The summed E-state index contributed by atoms with van der Waals surface area (Å²) in [6.45, 7) is 7.60. The van der Waals surface area contributed by atoms with Gasteiger partial charge in [0.05, 0.1) is 5.41 Å². The van der Waals surface area contributed by atoms with Gasteiger partial charge in [0.2, 0.25) is 11.8 Å². The van der Waals surface area contributed by atoms with Crippen LogP contribution in [0.2, 0.25) is 0 Å². The summed E-state index contributed by atoms with van der Waals surface area (Å²) in [6.07, 6.45) is 2.46. The molecule has 194 valence electrons. The first-order valence-electron chi connectivity index (χ1n) is 11.8. The molecule has 10 heteroatoms. The zero-order valence-electron chi connectivity index (χ0n) is 21.1. The van der Waals surface area contributed by atoms with Crippen LogP contribution in [-0.4, -0.2) is 76.7 Å². The highest BCUT2D eigenvalue weighted by atomic mass is 32.2. The largest absolute Gasteiger partial charge is 0.480 e. The number of rotatable bonds is 9. The molecule has 3 N–H and O–H groups in total. The van der Waals surface area contributed by atoms with E-state index in [1.165, 1.54) is 18.7 Å². The molecule has 1 aromatic carbocycles. The topological polar surface area (TPSA) is 125 Å². The molecular formula is C25H37N3O6S. The van der Waals surface area contributed by atoms with Gasteiger partial charge in [0.15, 0.2) is 0 Å². The van der Waals surface area contributed by atoms with Crippen molar-refractivity contribution < 1.29 is 29.0 Å². The van der Waals surface area contributed by atoms with Crippen LogP contribution >= 0.6 is 11.8 Å². The van der Waals surface area contributed by atoms with E-state index < -0.39 is 41.1 Å². The molecule has 9 nitrogen and oxygen atoms in total. The van der Waals surface area contributed by atoms with Crippen molar-refractivity contribution in [2.75, 3.05) is 25.1 Å². The summed E-state index contributed by atoms with van der Waals surface area (Å²) in [4.78, 5) is 51.9. The summed E-state index contributed by atoms with van der Waals surface area (Å²) in [5, 5.41) is 14.7. The van der Waals surface area contributed by atoms with Crippen molar-refractivity contribution in [2.24, 2.45) is 0 Å². The number of carboxylic acid groups (broad SMARTS) is 1. The van der Waals surface area contributed by atoms with Crippen molar-refractivity contribution in [1.29, 1.82) is 0 Å². The summed E-state index contributed by atoms with van der Waals surface area (Å²) < 4.78 is 5.48. The Morgan fingerprint density at radius 3 is 2.23 bits per heavy atom. The molecule has 1 aliphatic rings. The number of carboxylic acids is 1. The Bertz CT molecular complexity index is 894. The maximum Gasteiger partial charge on any atom is 0.410 e. The van der Waals surface area contributed by atoms with Crippen LogP contribution in [0.3, 0.4) is 0 Å². The third kappa shape index (κ3) is 7.88. The number of hydrogen-bond donors (Lipinski definition) is 3. The number of nitrogens with one attached hydrogen (secondary N) is 2. The zero-order valence-corrected chi connectivity index (χ0v) is 21.9. The van der Waals surface area contributed by atoms with E-state index in [1.54, 1.807) is 25.7 Å². The van der Waals surface area contributed by atoms with Crippen molar-refractivity contribution in [2.45, 2.75) is 70.1 Å². The number of carbonyl (C=O) groups is 4. The zero-order chi connectivity index (χ0) is 26.2. The molecule has 1 fully saturated rings. The predicted octanol–water partition coefficient (Wildman–Crippen LogP) is 2.78. The summed E-state index contributed by atoms with van der Waals surface area (Å²) in [7, 11) is 0. The van der Waals surface area contributed by atoms with Crippen LogP contribution < -0.4 is 10.6 Å². The van der Waals surface area contributed by atoms with Crippen LogP contribution in [0.5, 0.6) is 0 Å². The Balaban J connectivity index is 2.15. The maximum absolute atomic E-state index is 13.6.